The number of benzene rings is 2. The largest absolute Gasteiger partial charge is 0.396 e. The van der Waals surface area contributed by atoms with Crippen molar-refractivity contribution >= 4 is 28.3 Å². The van der Waals surface area contributed by atoms with Crippen LogP contribution in [0.1, 0.15) is 23.6 Å². The van der Waals surface area contributed by atoms with Crippen LogP contribution >= 0.6 is 11.6 Å². The van der Waals surface area contributed by atoms with Crippen LogP contribution in [0.3, 0.4) is 0 Å². The van der Waals surface area contributed by atoms with Crippen LogP contribution in [0.5, 0.6) is 0 Å². The highest BCUT2D eigenvalue weighted by Gasteiger charge is 2.13. The van der Waals surface area contributed by atoms with Gasteiger partial charge in [-0.05, 0) is 36.2 Å². The highest BCUT2D eigenvalue weighted by atomic mass is 35.5. The Hall–Kier alpha value is -2.61. The number of pyridine rings is 1. The van der Waals surface area contributed by atoms with E-state index < -0.39 is 0 Å². The molecule has 120 valence electrons. The average Bonchev–Trinajstić information content (AvgIpc) is 2.61. The summed E-state index contributed by atoms with van der Waals surface area (Å²) in [4.78, 5) is 4.57. The number of halogens is 1. The third-order valence-electron chi connectivity index (χ3n) is 3.83. The minimum Gasteiger partial charge on any atom is -0.396 e. The second-order valence-corrected chi connectivity index (χ2v) is 5.88. The van der Waals surface area contributed by atoms with Crippen LogP contribution < -0.4 is 5.32 Å². The van der Waals surface area contributed by atoms with E-state index in [2.05, 4.69) is 16.4 Å². The van der Waals surface area contributed by atoms with Gasteiger partial charge in [-0.3, -0.25) is 0 Å². The van der Waals surface area contributed by atoms with E-state index in [0.717, 1.165) is 10.9 Å². The summed E-state index contributed by atoms with van der Waals surface area (Å²) in [6.07, 6.45) is 0.548. The van der Waals surface area contributed by atoms with Crippen LogP contribution in [0.4, 0.5) is 5.82 Å². The van der Waals surface area contributed by atoms with Gasteiger partial charge in [0.2, 0.25) is 0 Å². The van der Waals surface area contributed by atoms with E-state index in [1.165, 1.54) is 0 Å². The minimum absolute atomic E-state index is 0.0564. The summed E-state index contributed by atoms with van der Waals surface area (Å²) >= 11 is 6.01. The molecule has 0 saturated heterocycles. The fraction of sp³-hybridized carbons (Fsp3) is 0.158. The first kappa shape index (κ1) is 16.3. The number of nitriles is 1. The number of nitrogens with zero attached hydrogens (tertiary/aromatic N) is 2. The Morgan fingerprint density at radius 1 is 1.17 bits per heavy atom. The number of anilines is 1. The fourth-order valence-electron chi connectivity index (χ4n) is 2.68. The van der Waals surface area contributed by atoms with Crippen LogP contribution in [0.2, 0.25) is 5.02 Å². The fourth-order valence-corrected chi connectivity index (χ4v) is 2.85. The van der Waals surface area contributed by atoms with Gasteiger partial charge in [-0.1, -0.05) is 41.9 Å². The molecule has 0 amide bonds. The van der Waals surface area contributed by atoms with Crippen LogP contribution in [0.25, 0.3) is 10.9 Å². The molecule has 2 aromatic carbocycles. The molecule has 0 aliphatic rings. The second-order valence-electron chi connectivity index (χ2n) is 5.45. The van der Waals surface area contributed by atoms with Gasteiger partial charge in [0.05, 0.1) is 23.2 Å². The average molecular weight is 338 g/mol. The van der Waals surface area contributed by atoms with Crippen molar-refractivity contribution in [3.8, 4) is 6.07 Å². The van der Waals surface area contributed by atoms with E-state index in [4.69, 9.17) is 11.6 Å². The van der Waals surface area contributed by atoms with Gasteiger partial charge in [-0.15, -0.1) is 0 Å². The van der Waals surface area contributed by atoms with Crippen LogP contribution in [-0.2, 0) is 0 Å². The lowest BCUT2D eigenvalue weighted by atomic mass is 10.0. The minimum atomic E-state index is -0.0833. The highest BCUT2D eigenvalue weighted by Crippen LogP contribution is 2.27. The molecule has 0 aliphatic carbocycles. The van der Waals surface area contributed by atoms with Gasteiger partial charge < -0.3 is 10.4 Å². The number of hydrogen-bond acceptors (Lipinski definition) is 4. The maximum Gasteiger partial charge on any atom is 0.128 e. The molecule has 0 saturated carbocycles. The molecule has 0 aliphatic heterocycles. The number of rotatable bonds is 5. The maximum atomic E-state index is 9.42. The first-order valence-corrected chi connectivity index (χ1v) is 8.02. The maximum absolute atomic E-state index is 9.42. The molecular formula is C19H16ClN3O. The summed E-state index contributed by atoms with van der Waals surface area (Å²) in [7, 11) is 0. The molecule has 0 fully saturated rings. The Labute approximate surface area is 145 Å². The van der Waals surface area contributed by atoms with Gasteiger partial charge in [-0.2, -0.15) is 5.26 Å². The number of aromatic nitrogens is 1. The first-order valence-electron chi connectivity index (χ1n) is 7.64. The molecule has 3 aromatic rings. The number of aliphatic hydroxyl groups excluding tert-OH is 1. The Balaban J connectivity index is 1.99. The first-order chi connectivity index (χ1) is 11.7. The molecule has 0 spiro atoms. The van der Waals surface area contributed by atoms with Crippen molar-refractivity contribution in [1.29, 1.82) is 5.26 Å². The molecule has 2 N–H and O–H groups in total. The van der Waals surface area contributed by atoms with Crippen molar-refractivity contribution < 1.29 is 5.11 Å². The lowest BCUT2D eigenvalue weighted by molar-refractivity contribution is 0.280. The van der Waals surface area contributed by atoms with Crippen molar-refractivity contribution in [2.45, 2.75) is 12.5 Å². The number of nitrogens with one attached hydrogen (secondary N) is 1. The Morgan fingerprint density at radius 2 is 1.96 bits per heavy atom. The quantitative estimate of drug-likeness (QED) is 0.728. The summed E-state index contributed by atoms with van der Waals surface area (Å²) in [5.41, 5.74) is 2.28. The number of hydrogen-bond donors (Lipinski definition) is 2. The molecule has 5 heteroatoms. The Morgan fingerprint density at radius 3 is 2.67 bits per heavy atom. The summed E-state index contributed by atoms with van der Waals surface area (Å²) in [6.45, 7) is 0.0564. The van der Waals surface area contributed by atoms with Crippen molar-refractivity contribution in [2.75, 3.05) is 11.9 Å². The lowest BCUT2D eigenvalue weighted by Gasteiger charge is -2.19. The summed E-state index contributed by atoms with van der Waals surface area (Å²) in [5, 5.41) is 23.4. The van der Waals surface area contributed by atoms with Crippen LogP contribution in [0, 0.1) is 11.3 Å². The monoisotopic (exact) mass is 337 g/mol. The second kappa shape index (κ2) is 7.31. The summed E-state index contributed by atoms with van der Waals surface area (Å²) < 4.78 is 0. The Kier molecular flexibility index (Phi) is 4.95. The standard InChI is InChI=1S/C19H16ClN3O/c20-15-6-7-18-16(11-15)14(12-21)10-19(23-18)22-17(8-9-24)13-4-2-1-3-5-13/h1-7,10-11,17,24H,8-9H2,(H,22,23)/t17-/m0/s1. The predicted octanol–water partition coefficient (Wildman–Crippen LogP) is 4.30. The predicted molar refractivity (Wildman–Crippen MR) is 96.0 cm³/mol. The van der Waals surface area contributed by atoms with Crippen molar-refractivity contribution in [3.63, 3.8) is 0 Å². The molecule has 4 nitrogen and oxygen atoms in total. The lowest BCUT2D eigenvalue weighted by Crippen LogP contribution is -2.13. The van der Waals surface area contributed by atoms with Crippen molar-refractivity contribution in [3.05, 3.63) is 70.7 Å². The van der Waals surface area contributed by atoms with E-state index in [0.29, 0.717) is 28.3 Å². The summed E-state index contributed by atoms with van der Waals surface area (Å²) in [5.74, 6) is 0.601. The molecular weight excluding hydrogens is 322 g/mol. The van der Waals surface area contributed by atoms with E-state index in [9.17, 15) is 10.4 Å². The smallest absolute Gasteiger partial charge is 0.128 e. The molecule has 0 unspecified atom stereocenters. The van der Waals surface area contributed by atoms with Gasteiger partial charge in [0.15, 0.2) is 0 Å². The molecule has 3 rings (SSSR count). The van der Waals surface area contributed by atoms with Gasteiger partial charge >= 0.3 is 0 Å². The zero-order chi connectivity index (χ0) is 16.9. The zero-order valence-electron chi connectivity index (χ0n) is 12.9. The molecule has 1 atom stereocenters. The van der Waals surface area contributed by atoms with Crippen molar-refractivity contribution in [1.82, 2.24) is 4.98 Å². The van der Waals surface area contributed by atoms with Gasteiger partial charge in [0.1, 0.15) is 5.82 Å². The Bertz CT molecular complexity index is 890. The third-order valence-corrected chi connectivity index (χ3v) is 4.07. The molecule has 24 heavy (non-hydrogen) atoms. The highest BCUT2D eigenvalue weighted by molar-refractivity contribution is 6.31. The van der Waals surface area contributed by atoms with Crippen LogP contribution in [-0.4, -0.2) is 16.7 Å². The van der Waals surface area contributed by atoms with E-state index >= 15 is 0 Å². The van der Waals surface area contributed by atoms with Gasteiger partial charge in [0, 0.05) is 17.0 Å². The molecule has 1 heterocycles. The van der Waals surface area contributed by atoms with Gasteiger partial charge in [0.25, 0.3) is 0 Å². The van der Waals surface area contributed by atoms with Gasteiger partial charge in [-0.25, -0.2) is 4.98 Å². The van der Waals surface area contributed by atoms with E-state index in [-0.39, 0.29) is 12.6 Å². The molecule has 0 bridgehead atoms. The van der Waals surface area contributed by atoms with Crippen molar-refractivity contribution in [2.24, 2.45) is 0 Å². The van der Waals surface area contributed by atoms with E-state index in [1.807, 2.05) is 30.3 Å². The topological polar surface area (TPSA) is 68.9 Å². The molecule has 1 aromatic heterocycles. The normalized spacial score (nSPS) is 11.9. The molecule has 0 radical (unpaired) electrons. The number of aliphatic hydroxyl groups is 1. The number of fused-ring (bicyclic) bond motifs is 1. The third kappa shape index (κ3) is 3.48. The summed E-state index contributed by atoms with van der Waals surface area (Å²) in [6, 6.07) is 19.0. The van der Waals surface area contributed by atoms with E-state index in [1.54, 1.807) is 24.3 Å². The zero-order valence-corrected chi connectivity index (χ0v) is 13.7. The van der Waals surface area contributed by atoms with Crippen LogP contribution in [0.15, 0.2) is 54.6 Å². The SMILES string of the molecule is N#Cc1cc(N[C@@H](CCO)c2ccccc2)nc2ccc(Cl)cc12.